The van der Waals surface area contributed by atoms with Crippen molar-refractivity contribution < 1.29 is 32.7 Å². The molecule has 0 N–H and O–H groups in total. The van der Waals surface area contributed by atoms with Crippen LogP contribution < -0.4 is 0 Å². The summed E-state index contributed by atoms with van der Waals surface area (Å²) in [6.07, 6.45) is 4.20. The maximum atomic E-state index is 2.44. The van der Waals surface area contributed by atoms with Gasteiger partial charge in [0, 0.05) is 32.7 Å². The molecule has 0 unspecified atom stereocenters. The standard InChI is InChI=1S/C10H22N2.2C2H6.CH3.Y/c1-11(2)7-4-10-5-8-12(3)9-6-10;2*1-2;;/h10H,4-9H2,1-3H3;2*1-2H3;1H3;/q;;;-1;. The number of hydrogen-bond donors (Lipinski definition) is 0. The van der Waals surface area contributed by atoms with Crippen LogP contribution in [0.15, 0.2) is 0 Å². The van der Waals surface area contributed by atoms with Gasteiger partial charge in [-0.15, -0.1) is 0 Å². The second-order valence-electron chi connectivity index (χ2n) is 4.34. The van der Waals surface area contributed by atoms with Crippen LogP contribution in [0.4, 0.5) is 0 Å². The van der Waals surface area contributed by atoms with Crippen molar-refractivity contribution in [1.29, 1.82) is 0 Å². The molecule has 1 heterocycles. The molecule has 3 heteroatoms. The first-order chi connectivity index (χ1) is 7.68. The molecule has 0 saturated carbocycles. The molecular formula is C15H37N2Y-. The molecule has 0 aromatic rings. The van der Waals surface area contributed by atoms with Gasteiger partial charge >= 0.3 is 0 Å². The summed E-state index contributed by atoms with van der Waals surface area (Å²) in [5.74, 6) is 0.989. The normalized spacial score (nSPS) is 15.3. The van der Waals surface area contributed by atoms with Crippen LogP contribution in [0.3, 0.4) is 0 Å². The Kier molecular flexibility index (Phi) is 30.9. The van der Waals surface area contributed by atoms with Crippen LogP contribution in [-0.2, 0) is 32.7 Å². The second-order valence-corrected chi connectivity index (χ2v) is 4.34. The minimum Gasteiger partial charge on any atom is -0.358 e. The van der Waals surface area contributed by atoms with Crippen molar-refractivity contribution in [1.82, 2.24) is 9.80 Å². The predicted molar refractivity (Wildman–Crippen MR) is 82.5 cm³/mol. The van der Waals surface area contributed by atoms with E-state index in [1.807, 2.05) is 27.7 Å². The molecule has 1 radical (unpaired) electrons. The summed E-state index contributed by atoms with van der Waals surface area (Å²) in [7, 11) is 6.55. The van der Waals surface area contributed by atoms with E-state index in [9.17, 15) is 0 Å². The zero-order valence-corrected chi connectivity index (χ0v) is 17.1. The first-order valence-electron chi connectivity index (χ1n) is 7.02. The van der Waals surface area contributed by atoms with E-state index in [-0.39, 0.29) is 40.1 Å². The van der Waals surface area contributed by atoms with Crippen LogP contribution in [0, 0.1) is 13.3 Å². The van der Waals surface area contributed by atoms with Crippen LogP contribution in [0.5, 0.6) is 0 Å². The maximum absolute atomic E-state index is 2.44. The van der Waals surface area contributed by atoms with E-state index in [4.69, 9.17) is 0 Å². The maximum Gasteiger partial charge on any atom is 0 e. The molecule has 0 aromatic carbocycles. The predicted octanol–water partition coefficient (Wildman–Crippen LogP) is 3.78. The summed E-state index contributed by atoms with van der Waals surface area (Å²) >= 11 is 0. The van der Waals surface area contributed by atoms with Crippen molar-refractivity contribution >= 4 is 0 Å². The van der Waals surface area contributed by atoms with E-state index in [0.717, 1.165) is 5.92 Å². The third kappa shape index (κ3) is 17.0. The Hall–Kier alpha value is 1.02. The molecule has 1 rings (SSSR count). The molecule has 1 aliphatic heterocycles. The first-order valence-corrected chi connectivity index (χ1v) is 7.02. The third-order valence-corrected chi connectivity index (χ3v) is 2.82. The summed E-state index contributed by atoms with van der Waals surface area (Å²) in [6, 6.07) is 0. The van der Waals surface area contributed by atoms with Gasteiger partial charge < -0.3 is 17.2 Å². The van der Waals surface area contributed by atoms with E-state index in [1.54, 1.807) is 0 Å². The molecular weight excluding hydrogens is 297 g/mol. The molecule has 0 aromatic heterocycles. The average Bonchev–Trinajstić information content (AvgIpc) is 2.33. The Balaban J connectivity index is -0.000000149. The van der Waals surface area contributed by atoms with Crippen LogP contribution in [0.1, 0.15) is 47.0 Å². The first kappa shape index (κ1) is 27.4. The van der Waals surface area contributed by atoms with E-state index in [1.165, 1.54) is 38.9 Å². The molecule has 0 amide bonds. The fourth-order valence-corrected chi connectivity index (χ4v) is 1.79. The molecule has 0 aliphatic carbocycles. The largest absolute Gasteiger partial charge is 0.358 e. The summed E-state index contributed by atoms with van der Waals surface area (Å²) < 4.78 is 0. The Bertz CT molecular complexity index is 122. The van der Waals surface area contributed by atoms with Crippen LogP contribution >= 0.6 is 0 Å². The van der Waals surface area contributed by atoms with Crippen LogP contribution in [0.2, 0.25) is 0 Å². The Morgan fingerprint density at radius 2 is 1.39 bits per heavy atom. The zero-order chi connectivity index (χ0) is 13.0. The van der Waals surface area contributed by atoms with Gasteiger partial charge in [0.2, 0.25) is 0 Å². The second kappa shape index (κ2) is 20.3. The molecule has 0 spiro atoms. The Labute approximate surface area is 143 Å². The van der Waals surface area contributed by atoms with Gasteiger partial charge in [-0.3, -0.25) is 0 Å². The zero-order valence-electron chi connectivity index (χ0n) is 14.3. The van der Waals surface area contributed by atoms with Gasteiger partial charge in [-0.25, -0.2) is 0 Å². The molecule has 111 valence electrons. The van der Waals surface area contributed by atoms with Gasteiger partial charge in [-0.05, 0) is 66.0 Å². The van der Waals surface area contributed by atoms with Gasteiger partial charge in [0.25, 0.3) is 0 Å². The van der Waals surface area contributed by atoms with E-state index >= 15 is 0 Å². The minimum absolute atomic E-state index is 0. The fraction of sp³-hybridized carbons (Fsp3) is 0.933. The average molecular weight is 334 g/mol. The SMILES string of the molecule is CC.CC.CN(C)CCC1CCN(C)CC1.[CH3-].[Y]. The van der Waals surface area contributed by atoms with Crippen LogP contribution in [0.25, 0.3) is 0 Å². The molecule has 18 heavy (non-hydrogen) atoms. The molecule has 1 saturated heterocycles. The number of rotatable bonds is 3. The van der Waals surface area contributed by atoms with Crippen molar-refractivity contribution in [3.05, 3.63) is 7.43 Å². The molecule has 1 fully saturated rings. The summed E-state index contributed by atoms with van der Waals surface area (Å²) in [5, 5.41) is 0. The number of piperidine rings is 1. The Morgan fingerprint density at radius 1 is 1.00 bits per heavy atom. The summed E-state index contributed by atoms with van der Waals surface area (Å²) in [5.41, 5.74) is 0. The van der Waals surface area contributed by atoms with Crippen molar-refractivity contribution in [3.63, 3.8) is 0 Å². The third-order valence-electron chi connectivity index (χ3n) is 2.82. The van der Waals surface area contributed by atoms with Gasteiger partial charge in [0.1, 0.15) is 0 Å². The van der Waals surface area contributed by atoms with Gasteiger partial charge in [-0.2, -0.15) is 0 Å². The van der Waals surface area contributed by atoms with Gasteiger partial charge in [0.05, 0.1) is 0 Å². The van der Waals surface area contributed by atoms with Gasteiger partial charge in [0.15, 0.2) is 0 Å². The van der Waals surface area contributed by atoms with E-state index < -0.39 is 0 Å². The smallest absolute Gasteiger partial charge is 0 e. The monoisotopic (exact) mass is 334 g/mol. The molecule has 1 aliphatic rings. The van der Waals surface area contributed by atoms with Crippen molar-refractivity contribution in [3.8, 4) is 0 Å². The van der Waals surface area contributed by atoms with E-state index in [2.05, 4.69) is 30.9 Å². The number of nitrogens with zero attached hydrogens (tertiary/aromatic N) is 2. The summed E-state index contributed by atoms with van der Waals surface area (Å²) in [4.78, 5) is 4.73. The van der Waals surface area contributed by atoms with Crippen molar-refractivity contribution in [2.45, 2.75) is 47.0 Å². The molecule has 2 nitrogen and oxygen atoms in total. The molecule has 0 atom stereocenters. The Morgan fingerprint density at radius 3 is 1.72 bits per heavy atom. The number of hydrogen-bond acceptors (Lipinski definition) is 2. The van der Waals surface area contributed by atoms with Crippen molar-refractivity contribution in [2.75, 3.05) is 40.8 Å². The molecule has 0 bridgehead atoms. The topological polar surface area (TPSA) is 6.48 Å². The van der Waals surface area contributed by atoms with Crippen LogP contribution in [-0.4, -0.2) is 50.6 Å². The fourth-order valence-electron chi connectivity index (χ4n) is 1.79. The summed E-state index contributed by atoms with van der Waals surface area (Å²) in [6.45, 7) is 11.9. The van der Waals surface area contributed by atoms with Crippen molar-refractivity contribution in [2.24, 2.45) is 5.92 Å². The quantitative estimate of drug-likeness (QED) is 0.725. The minimum atomic E-state index is 0. The van der Waals surface area contributed by atoms with E-state index in [0.29, 0.717) is 0 Å². The number of likely N-dealkylation sites (tertiary alicyclic amines) is 1. The van der Waals surface area contributed by atoms with Gasteiger partial charge in [-0.1, -0.05) is 27.7 Å².